The van der Waals surface area contributed by atoms with Gasteiger partial charge in [-0.15, -0.1) is 0 Å². The third kappa shape index (κ3) is 2.95. The van der Waals surface area contributed by atoms with Crippen LogP contribution in [-0.4, -0.2) is 42.9 Å². The molecule has 0 radical (unpaired) electrons. The van der Waals surface area contributed by atoms with Crippen LogP contribution in [0.25, 0.3) is 0 Å². The maximum atomic E-state index is 12.3. The van der Waals surface area contributed by atoms with Crippen LogP contribution in [-0.2, 0) is 14.6 Å². The van der Waals surface area contributed by atoms with E-state index in [9.17, 15) is 18.3 Å². The molecule has 1 aliphatic rings. The van der Waals surface area contributed by atoms with Gasteiger partial charge in [0, 0.05) is 12.6 Å². The van der Waals surface area contributed by atoms with Crippen molar-refractivity contribution in [3.05, 3.63) is 29.8 Å². The second-order valence-electron chi connectivity index (χ2n) is 5.28. The van der Waals surface area contributed by atoms with E-state index in [1.54, 1.807) is 31.3 Å². The molecule has 5 nitrogen and oxygen atoms in total. The molecule has 2 atom stereocenters. The number of hydrogen-bond donors (Lipinski definition) is 1. The van der Waals surface area contributed by atoms with Crippen molar-refractivity contribution >= 4 is 15.7 Å². The Morgan fingerprint density at radius 2 is 2.05 bits per heavy atom. The zero-order valence-electron chi connectivity index (χ0n) is 11.6. The second-order valence-corrected chi connectivity index (χ2v) is 7.51. The van der Waals surface area contributed by atoms with Crippen LogP contribution >= 0.6 is 0 Å². The van der Waals surface area contributed by atoms with E-state index < -0.39 is 15.8 Å². The Morgan fingerprint density at radius 3 is 2.60 bits per heavy atom. The van der Waals surface area contributed by atoms with Gasteiger partial charge in [0.2, 0.25) is 5.91 Å². The second kappa shape index (κ2) is 5.44. The zero-order valence-corrected chi connectivity index (χ0v) is 12.4. The van der Waals surface area contributed by atoms with Gasteiger partial charge in [0.1, 0.15) is 5.75 Å². The molecule has 110 valence electrons. The van der Waals surface area contributed by atoms with Gasteiger partial charge in [-0.1, -0.05) is 18.2 Å². The molecule has 1 amide bonds. The summed E-state index contributed by atoms with van der Waals surface area (Å²) in [7, 11) is -1.43. The van der Waals surface area contributed by atoms with Crippen LogP contribution in [0.15, 0.2) is 24.3 Å². The Balaban J connectivity index is 2.13. The molecule has 1 heterocycles. The number of sulfone groups is 1. The Bertz CT molecular complexity index is 611. The van der Waals surface area contributed by atoms with Crippen LogP contribution < -0.4 is 0 Å². The number of phenolic OH excluding ortho intramolecular Hbond substituents is 1. The first-order valence-electron chi connectivity index (χ1n) is 6.57. The third-order valence-electron chi connectivity index (χ3n) is 3.90. The molecule has 1 fully saturated rings. The molecule has 1 saturated heterocycles. The average Bonchev–Trinajstić information content (AvgIpc) is 2.77. The molecule has 0 spiro atoms. The van der Waals surface area contributed by atoms with Crippen molar-refractivity contribution in [2.24, 2.45) is 5.92 Å². The number of carbonyl (C=O) groups excluding carboxylic acids is 1. The quantitative estimate of drug-likeness (QED) is 0.913. The highest BCUT2D eigenvalue weighted by molar-refractivity contribution is 7.91. The topological polar surface area (TPSA) is 74.7 Å². The fraction of sp³-hybridized carbons (Fsp3) is 0.500. The summed E-state index contributed by atoms with van der Waals surface area (Å²) in [4.78, 5) is 13.9. The van der Waals surface area contributed by atoms with Gasteiger partial charge >= 0.3 is 0 Å². The van der Waals surface area contributed by atoms with Gasteiger partial charge in [0.05, 0.1) is 23.5 Å². The minimum atomic E-state index is -3.07. The van der Waals surface area contributed by atoms with Crippen LogP contribution in [0, 0.1) is 5.92 Å². The van der Waals surface area contributed by atoms with Crippen molar-refractivity contribution in [2.75, 3.05) is 18.6 Å². The zero-order chi connectivity index (χ0) is 14.9. The Kier molecular flexibility index (Phi) is 4.04. The first-order valence-corrected chi connectivity index (χ1v) is 8.39. The van der Waals surface area contributed by atoms with Gasteiger partial charge in [0.25, 0.3) is 0 Å². The summed E-state index contributed by atoms with van der Waals surface area (Å²) in [6.45, 7) is 1.82. The summed E-state index contributed by atoms with van der Waals surface area (Å²) >= 11 is 0. The van der Waals surface area contributed by atoms with Crippen LogP contribution in [0.1, 0.15) is 24.9 Å². The number of phenols is 1. The fourth-order valence-corrected chi connectivity index (χ4v) is 4.25. The maximum Gasteiger partial charge on any atom is 0.226 e. The lowest BCUT2D eigenvalue weighted by Crippen LogP contribution is -2.35. The first-order chi connectivity index (χ1) is 9.32. The highest BCUT2D eigenvalue weighted by Gasteiger charge is 2.35. The molecule has 1 N–H and O–H groups in total. The number of rotatable bonds is 3. The lowest BCUT2D eigenvalue weighted by molar-refractivity contribution is -0.135. The maximum absolute atomic E-state index is 12.3. The summed E-state index contributed by atoms with van der Waals surface area (Å²) in [5, 5.41) is 9.83. The lowest BCUT2D eigenvalue weighted by atomic mass is 10.0. The number of para-hydroxylation sites is 1. The number of aromatic hydroxyl groups is 1. The molecule has 0 bridgehead atoms. The normalized spacial score (nSPS) is 22.4. The molecule has 20 heavy (non-hydrogen) atoms. The summed E-state index contributed by atoms with van der Waals surface area (Å²) in [6, 6.07) is 6.55. The number of hydrogen-bond acceptors (Lipinski definition) is 4. The summed E-state index contributed by atoms with van der Waals surface area (Å²) in [6.07, 6.45) is 0.388. The minimum absolute atomic E-state index is 0.0658. The van der Waals surface area contributed by atoms with Crippen molar-refractivity contribution in [1.29, 1.82) is 0 Å². The molecule has 0 saturated carbocycles. The molecule has 1 aliphatic heterocycles. The number of nitrogens with zero attached hydrogens (tertiary/aromatic N) is 1. The number of benzene rings is 1. The third-order valence-corrected chi connectivity index (χ3v) is 5.67. The van der Waals surface area contributed by atoms with Crippen molar-refractivity contribution in [3.8, 4) is 5.75 Å². The van der Waals surface area contributed by atoms with Gasteiger partial charge in [-0.2, -0.15) is 0 Å². The minimum Gasteiger partial charge on any atom is -0.508 e. The Labute approximate surface area is 119 Å². The Hall–Kier alpha value is -1.56. The highest BCUT2D eigenvalue weighted by Crippen LogP contribution is 2.29. The highest BCUT2D eigenvalue weighted by atomic mass is 32.2. The fourth-order valence-electron chi connectivity index (χ4n) is 2.52. The molecule has 2 unspecified atom stereocenters. The molecule has 1 aromatic carbocycles. The summed E-state index contributed by atoms with van der Waals surface area (Å²) in [5.74, 6) is -0.481. The van der Waals surface area contributed by atoms with Crippen molar-refractivity contribution in [1.82, 2.24) is 4.90 Å². The molecule has 0 aliphatic carbocycles. The van der Waals surface area contributed by atoms with Gasteiger partial charge < -0.3 is 10.0 Å². The average molecular weight is 297 g/mol. The van der Waals surface area contributed by atoms with E-state index in [-0.39, 0.29) is 29.2 Å². The van der Waals surface area contributed by atoms with Gasteiger partial charge in [-0.3, -0.25) is 4.79 Å². The predicted molar refractivity (Wildman–Crippen MR) is 76.1 cm³/mol. The van der Waals surface area contributed by atoms with Crippen LogP contribution in [0.2, 0.25) is 0 Å². The number of carbonyl (C=O) groups is 1. The standard InChI is InChI=1S/C14H19NO4S/c1-10(12-5-3-4-6-13(12)16)15(2)14(17)11-7-8-20(18,19)9-11/h3-6,10-11,16H,7-9H2,1-2H3. The molecule has 1 aromatic rings. The first kappa shape index (κ1) is 14.8. The van der Waals surface area contributed by atoms with E-state index in [1.807, 2.05) is 6.92 Å². The van der Waals surface area contributed by atoms with Crippen molar-refractivity contribution in [2.45, 2.75) is 19.4 Å². The van der Waals surface area contributed by atoms with E-state index >= 15 is 0 Å². The van der Waals surface area contributed by atoms with Gasteiger partial charge in [0.15, 0.2) is 9.84 Å². The van der Waals surface area contributed by atoms with Gasteiger partial charge in [-0.25, -0.2) is 8.42 Å². The summed E-state index contributed by atoms with van der Waals surface area (Å²) < 4.78 is 22.9. The molecule has 6 heteroatoms. The molecular weight excluding hydrogens is 278 g/mol. The Morgan fingerprint density at radius 1 is 1.40 bits per heavy atom. The lowest BCUT2D eigenvalue weighted by Gasteiger charge is -2.28. The monoisotopic (exact) mass is 297 g/mol. The van der Waals surface area contributed by atoms with E-state index in [1.165, 1.54) is 4.90 Å². The molecular formula is C14H19NO4S. The van der Waals surface area contributed by atoms with E-state index in [0.29, 0.717) is 12.0 Å². The predicted octanol–water partition coefficient (Wildman–Crippen LogP) is 1.35. The van der Waals surface area contributed by atoms with Crippen molar-refractivity contribution < 1.29 is 18.3 Å². The van der Waals surface area contributed by atoms with E-state index in [2.05, 4.69) is 0 Å². The largest absolute Gasteiger partial charge is 0.508 e. The van der Waals surface area contributed by atoms with Crippen LogP contribution in [0.4, 0.5) is 0 Å². The van der Waals surface area contributed by atoms with E-state index in [4.69, 9.17) is 0 Å². The van der Waals surface area contributed by atoms with Crippen molar-refractivity contribution in [3.63, 3.8) is 0 Å². The smallest absolute Gasteiger partial charge is 0.226 e. The van der Waals surface area contributed by atoms with E-state index in [0.717, 1.165) is 0 Å². The SMILES string of the molecule is CC(c1ccccc1O)N(C)C(=O)C1CCS(=O)(=O)C1. The molecule has 0 aromatic heterocycles. The molecule has 2 rings (SSSR count). The van der Waals surface area contributed by atoms with Crippen LogP contribution in [0.5, 0.6) is 5.75 Å². The summed E-state index contributed by atoms with van der Waals surface area (Å²) in [5.41, 5.74) is 0.657. The van der Waals surface area contributed by atoms with Crippen LogP contribution in [0.3, 0.4) is 0 Å². The number of amides is 1. The van der Waals surface area contributed by atoms with Gasteiger partial charge in [-0.05, 0) is 19.4 Å².